The lowest BCUT2D eigenvalue weighted by atomic mass is 10.2. The number of guanidine groups is 1. The van der Waals surface area contributed by atoms with Crippen LogP contribution in [0.25, 0.3) is 0 Å². The van der Waals surface area contributed by atoms with Gasteiger partial charge in [0.15, 0.2) is 5.96 Å². The largest absolute Gasteiger partial charge is 0.493 e. The first-order valence-electron chi connectivity index (χ1n) is 7.13. The molecule has 0 aliphatic carbocycles. The molecule has 118 valence electrons. The third-order valence-corrected chi connectivity index (χ3v) is 3.53. The zero-order chi connectivity index (χ0) is 15.5. The molecule has 0 spiro atoms. The fourth-order valence-corrected chi connectivity index (χ4v) is 2.19. The van der Waals surface area contributed by atoms with Gasteiger partial charge in [0.1, 0.15) is 5.75 Å². The van der Waals surface area contributed by atoms with Gasteiger partial charge in [-0.05, 0) is 32.2 Å². The van der Waals surface area contributed by atoms with E-state index in [1.807, 2.05) is 25.1 Å². The highest BCUT2D eigenvalue weighted by atomic mass is 35.5. The topological polar surface area (TPSA) is 45.7 Å². The van der Waals surface area contributed by atoms with E-state index < -0.39 is 0 Å². The summed E-state index contributed by atoms with van der Waals surface area (Å²) in [4.78, 5) is 4.59. The van der Waals surface area contributed by atoms with Crippen LogP contribution in [0.5, 0.6) is 5.75 Å². The van der Waals surface area contributed by atoms with Crippen molar-refractivity contribution in [2.24, 2.45) is 4.99 Å². The molecule has 0 unspecified atom stereocenters. The molecule has 0 bridgehead atoms. The van der Waals surface area contributed by atoms with Gasteiger partial charge in [-0.25, -0.2) is 4.99 Å². The number of rotatable bonds is 8. The van der Waals surface area contributed by atoms with E-state index in [0.29, 0.717) is 18.2 Å². The van der Waals surface area contributed by atoms with Crippen molar-refractivity contribution in [2.45, 2.75) is 20.4 Å². The van der Waals surface area contributed by atoms with Crippen LogP contribution in [0, 0.1) is 0 Å². The summed E-state index contributed by atoms with van der Waals surface area (Å²) in [6, 6.07) is 5.66. The van der Waals surface area contributed by atoms with Crippen LogP contribution >= 0.6 is 23.4 Å². The molecule has 0 aliphatic rings. The fraction of sp³-hybridized carbons (Fsp3) is 0.533. The Balaban J connectivity index is 2.74. The molecule has 0 aliphatic heterocycles. The zero-order valence-electron chi connectivity index (χ0n) is 12.9. The van der Waals surface area contributed by atoms with Crippen molar-refractivity contribution >= 4 is 29.3 Å². The average Bonchev–Trinajstić information content (AvgIpc) is 2.47. The van der Waals surface area contributed by atoms with E-state index in [-0.39, 0.29) is 0 Å². The summed E-state index contributed by atoms with van der Waals surface area (Å²) in [6.07, 6.45) is 2.09. The molecular weight excluding hydrogens is 306 g/mol. The molecule has 0 saturated carbocycles. The van der Waals surface area contributed by atoms with E-state index >= 15 is 0 Å². The first-order valence-corrected chi connectivity index (χ1v) is 8.90. The lowest BCUT2D eigenvalue weighted by Gasteiger charge is -2.12. The highest BCUT2D eigenvalue weighted by Crippen LogP contribution is 2.24. The second-order valence-electron chi connectivity index (χ2n) is 4.30. The van der Waals surface area contributed by atoms with Gasteiger partial charge >= 0.3 is 0 Å². The Morgan fingerprint density at radius 2 is 2.14 bits per heavy atom. The molecule has 0 atom stereocenters. The van der Waals surface area contributed by atoms with Gasteiger partial charge in [0.25, 0.3) is 0 Å². The number of nitrogens with zero attached hydrogens (tertiary/aromatic N) is 1. The van der Waals surface area contributed by atoms with Crippen LogP contribution in [-0.4, -0.2) is 37.7 Å². The van der Waals surface area contributed by atoms with Crippen LogP contribution in [0.15, 0.2) is 23.2 Å². The Morgan fingerprint density at radius 3 is 2.81 bits per heavy atom. The smallest absolute Gasteiger partial charge is 0.191 e. The second-order valence-corrected chi connectivity index (χ2v) is 5.72. The van der Waals surface area contributed by atoms with Crippen molar-refractivity contribution in [3.63, 3.8) is 0 Å². The molecule has 0 heterocycles. The minimum Gasteiger partial charge on any atom is -0.493 e. The molecule has 4 nitrogen and oxygen atoms in total. The standard InChI is InChI=1S/C15H24ClN3OS/c1-4-17-15(18-8-9-21-3)19-11-12-6-7-13(16)10-14(12)20-5-2/h6-7,10H,4-5,8-9,11H2,1-3H3,(H2,17,18,19). The van der Waals surface area contributed by atoms with Gasteiger partial charge in [0, 0.05) is 29.4 Å². The average molecular weight is 330 g/mol. The van der Waals surface area contributed by atoms with E-state index in [9.17, 15) is 0 Å². The lowest BCUT2D eigenvalue weighted by Crippen LogP contribution is -2.38. The molecule has 0 amide bonds. The molecule has 6 heteroatoms. The summed E-state index contributed by atoms with van der Waals surface area (Å²) in [6.45, 7) is 6.92. The predicted molar refractivity (Wildman–Crippen MR) is 93.8 cm³/mol. The quantitative estimate of drug-likeness (QED) is 0.437. The highest BCUT2D eigenvalue weighted by Gasteiger charge is 2.05. The Hall–Kier alpha value is -1.07. The molecule has 1 rings (SSSR count). The number of ether oxygens (including phenoxy) is 1. The summed E-state index contributed by atoms with van der Waals surface area (Å²) in [5.41, 5.74) is 1.03. The van der Waals surface area contributed by atoms with Crippen molar-refractivity contribution in [1.82, 2.24) is 10.6 Å². The van der Waals surface area contributed by atoms with Crippen LogP contribution in [0.1, 0.15) is 19.4 Å². The molecule has 1 aromatic carbocycles. The SMILES string of the molecule is CCNC(=NCc1ccc(Cl)cc1OCC)NCCSC. The van der Waals surface area contributed by atoms with E-state index in [1.54, 1.807) is 11.8 Å². The number of benzene rings is 1. The second kappa shape index (κ2) is 10.6. The number of hydrogen-bond acceptors (Lipinski definition) is 3. The van der Waals surface area contributed by atoms with E-state index in [2.05, 4.69) is 28.8 Å². The van der Waals surface area contributed by atoms with Gasteiger partial charge in [-0.3, -0.25) is 0 Å². The number of halogens is 1. The molecule has 0 saturated heterocycles. The third-order valence-electron chi connectivity index (χ3n) is 2.68. The molecule has 0 radical (unpaired) electrons. The monoisotopic (exact) mass is 329 g/mol. The van der Waals surface area contributed by atoms with Gasteiger partial charge < -0.3 is 15.4 Å². The maximum atomic E-state index is 6.01. The Morgan fingerprint density at radius 1 is 1.33 bits per heavy atom. The predicted octanol–water partition coefficient (Wildman–Crippen LogP) is 3.16. The summed E-state index contributed by atoms with van der Waals surface area (Å²) in [7, 11) is 0. The lowest BCUT2D eigenvalue weighted by molar-refractivity contribution is 0.336. The maximum absolute atomic E-state index is 6.01. The molecular formula is C15H24ClN3OS. The molecule has 2 N–H and O–H groups in total. The zero-order valence-corrected chi connectivity index (χ0v) is 14.5. The van der Waals surface area contributed by atoms with Crippen molar-refractivity contribution in [3.8, 4) is 5.75 Å². The van der Waals surface area contributed by atoms with Crippen molar-refractivity contribution in [3.05, 3.63) is 28.8 Å². The summed E-state index contributed by atoms with van der Waals surface area (Å²) < 4.78 is 5.61. The number of thioether (sulfide) groups is 1. The van der Waals surface area contributed by atoms with E-state index in [1.165, 1.54) is 0 Å². The van der Waals surface area contributed by atoms with Crippen molar-refractivity contribution in [1.29, 1.82) is 0 Å². The number of nitrogens with one attached hydrogen (secondary N) is 2. The summed E-state index contributed by atoms with van der Waals surface area (Å²) in [5.74, 6) is 2.67. The van der Waals surface area contributed by atoms with Gasteiger partial charge in [-0.1, -0.05) is 17.7 Å². The van der Waals surface area contributed by atoms with Crippen LogP contribution in [-0.2, 0) is 6.54 Å². The van der Waals surface area contributed by atoms with Crippen LogP contribution in [0.2, 0.25) is 5.02 Å². The number of hydrogen-bond donors (Lipinski definition) is 2. The first-order chi connectivity index (χ1) is 10.2. The van der Waals surface area contributed by atoms with E-state index in [0.717, 1.165) is 36.1 Å². The van der Waals surface area contributed by atoms with Crippen molar-refractivity contribution < 1.29 is 4.74 Å². The third kappa shape index (κ3) is 6.96. The normalized spacial score (nSPS) is 11.3. The Bertz CT molecular complexity index is 455. The summed E-state index contributed by atoms with van der Waals surface area (Å²) in [5, 5.41) is 7.22. The van der Waals surface area contributed by atoms with E-state index in [4.69, 9.17) is 16.3 Å². The molecule has 1 aromatic rings. The fourth-order valence-electron chi connectivity index (χ4n) is 1.73. The molecule has 21 heavy (non-hydrogen) atoms. The summed E-state index contributed by atoms with van der Waals surface area (Å²) >= 11 is 7.81. The van der Waals surface area contributed by atoms with Gasteiger partial charge in [0.05, 0.1) is 13.2 Å². The first kappa shape index (κ1) is 18.0. The van der Waals surface area contributed by atoms with Crippen LogP contribution in [0.4, 0.5) is 0 Å². The van der Waals surface area contributed by atoms with Gasteiger partial charge in [0.2, 0.25) is 0 Å². The maximum Gasteiger partial charge on any atom is 0.191 e. The highest BCUT2D eigenvalue weighted by molar-refractivity contribution is 7.98. The minimum atomic E-state index is 0.557. The Kier molecular flexibility index (Phi) is 9.10. The molecule has 0 aromatic heterocycles. The van der Waals surface area contributed by atoms with Crippen LogP contribution in [0.3, 0.4) is 0 Å². The van der Waals surface area contributed by atoms with Gasteiger partial charge in [-0.2, -0.15) is 11.8 Å². The van der Waals surface area contributed by atoms with Crippen LogP contribution < -0.4 is 15.4 Å². The Labute approximate surface area is 136 Å². The molecule has 0 fully saturated rings. The number of aliphatic imine (C=N–C) groups is 1. The van der Waals surface area contributed by atoms with Gasteiger partial charge in [-0.15, -0.1) is 0 Å². The van der Waals surface area contributed by atoms with Crippen molar-refractivity contribution in [2.75, 3.05) is 31.7 Å². The minimum absolute atomic E-state index is 0.557.